The Labute approximate surface area is 361 Å². The maximum absolute atomic E-state index is 6.91. The van der Waals surface area contributed by atoms with Crippen molar-refractivity contribution < 1.29 is 30.3 Å². The van der Waals surface area contributed by atoms with Crippen molar-refractivity contribution in [1.82, 2.24) is 0 Å². The van der Waals surface area contributed by atoms with Crippen LogP contribution in [0, 0.1) is 50.4 Å². The molecule has 0 aliphatic heterocycles. The van der Waals surface area contributed by atoms with Crippen molar-refractivity contribution in [1.29, 1.82) is 0 Å². The molecule has 6 aliphatic rings. The predicted octanol–water partition coefficient (Wildman–Crippen LogP) is 15.4. The number of allylic oxidation sites excluding steroid dienone is 2. The van der Waals surface area contributed by atoms with Crippen molar-refractivity contribution in [2.75, 3.05) is 0 Å². The van der Waals surface area contributed by atoms with Crippen LogP contribution in [0.3, 0.4) is 0 Å². The fourth-order valence-corrected chi connectivity index (χ4v) is 12.6. The van der Waals surface area contributed by atoms with Gasteiger partial charge in [-0.25, -0.2) is 0 Å². The second-order valence-electron chi connectivity index (χ2n) is 15.6. The van der Waals surface area contributed by atoms with Crippen LogP contribution in [0.2, 0.25) is 0 Å². The number of alkyl halides is 2. The molecule has 6 aliphatic carbocycles. The molecule has 280 valence electrons. The molecule has 0 spiro atoms. The standard InChI is InChI=1S/C20H32Br2O.C20H16Br2O.2CH3.2ClH.Zr/c2*1-11-7-13-15(9-11)19(5-3-17(13)21)23-20-6-4-18(22)14-8-12(2)10-16(14)20;;;;;/h11-20H,3-10H2,1-2H3;3-8H,9-10H2,1-2H3;2*1H3;2*1H;/q;;2*-1;;;+4/p-2. The number of fused-ring (bicyclic) bond motifs is 4. The summed E-state index contributed by atoms with van der Waals surface area (Å²) in [6.45, 7) is 9.22. The second-order valence-corrected chi connectivity index (χ2v) is 23.4. The van der Waals surface area contributed by atoms with Gasteiger partial charge < -0.3 is 24.3 Å². The molecule has 0 heterocycles. The molecule has 2 nitrogen and oxygen atoms in total. The average molecular weight is 1070 g/mol. The summed E-state index contributed by atoms with van der Waals surface area (Å²) in [7, 11) is 9.87. The van der Waals surface area contributed by atoms with E-state index in [1.54, 1.807) is 0 Å². The van der Waals surface area contributed by atoms with Gasteiger partial charge in [-0.3, -0.25) is 0 Å². The molecule has 10 atom stereocenters. The van der Waals surface area contributed by atoms with Crippen LogP contribution >= 0.6 is 80.7 Å². The van der Waals surface area contributed by atoms with Gasteiger partial charge in [-0.15, -0.1) is 0 Å². The van der Waals surface area contributed by atoms with E-state index in [0.717, 1.165) is 78.4 Å². The first-order chi connectivity index (χ1) is 23.5. The number of rotatable bonds is 4. The fourth-order valence-electron chi connectivity index (χ4n) is 9.87. The molecule has 0 aromatic heterocycles. The van der Waals surface area contributed by atoms with Gasteiger partial charge in [0.25, 0.3) is 0 Å². The van der Waals surface area contributed by atoms with Gasteiger partial charge in [0.2, 0.25) is 0 Å². The molecule has 2 aromatic rings. The van der Waals surface area contributed by atoms with Crippen molar-refractivity contribution in [2.45, 2.75) is 114 Å². The zero-order valence-corrected chi connectivity index (χ0v) is 41.2. The van der Waals surface area contributed by atoms with Gasteiger partial charge in [0.15, 0.2) is 0 Å². The molecule has 8 rings (SSSR count). The summed E-state index contributed by atoms with van der Waals surface area (Å²) < 4.78 is 15.5. The summed E-state index contributed by atoms with van der Waals surface area (Å²) in [5, 5.41) is 0. The zero-order chi connectivity index (χ0) is 35.0. The quantitative estimate of drug-likeness (QED) is 0.224. The number of halogens is 6. The molecule has 2 aromatic carbocycles. The molecule has 0 radical (unpaired) electrons. The maximum atomic E-state index is 6.91. The van der Waals surface area contributed by atoms with Gasteiger partial charge in [-0.2, -0.15) is 0 Å². The van der Waals surface area contributed by atoms with E-state index >= 15 is 0 Å². The summed E-state index contributed by atoms with van der Waals surface area (Å²) >= 11 is 14.4. The van der Waals surface area contributed by atoms with Gasteiger partial charge >= 0.3 is 37.9 Å². The molecular formula is C42H54Br4Cl2O2Zr. The Morgan fingerprint density at radius 1 is 0.627 bits per heavy atom. The van der Waals surface area contributed by atoms with Crippen LogP contribution in [0.5, 0.6) is 11.5 Å². The van der Waals surface area contributed by atoms with E-state index in [2.05, 4.69) is 128 Å². The average Bonchev–Trinajstić information content (AvgIpc) is 3.85. The van der Waals surface area contributed by atoms with E-state index in [1.165, 1.54) is 84.8 Å². The molecule has 51 heavy (non-hydrogen) atoms. The molecule has 0 bridgehead atoms. The van der Waals surface area contributed by atoms with E-state index in [-0.39, 0.29) is 14.9 Å². The molecule has 0 saturated heterocycles. The third-order valence-electron chi connectivity index (χ3n) is 11.9. The SMILES string of the molecule is CC1=Cc2c(Br)ccc(Oc3ccc(Br)c4c3CC(C)=C4)c2C1.CC1CC2C(Br)CCC(OC3CCC(Br)C4CC(C)CC34)C2C1.[CH3-].[CH3-].[Cl][Zr+2][Cl]. The van der Waals surface area contributed by atoms with E-state index in [0.29, 0.717) is 12.2 Å². The number of ether oxygens (including phenoxy) is 2. The molecule has 0 amide bonds. The summed E-state index contributed by atoms with van der Waals surface area (Å²) in [6.07, 6.45) is 18.3. The van der Waals surface area contributed by atoms with Crippen LogP contribution < -0.4 is 4.74 Å². The van der Waals surface area contributed by atoms with Crippen molar-refractivity contribution >= 4 is 92.9 Å². The molecule has 4 saturated carbocycles. The zero-order valence-electron chi connectivity index (χ0n) is 30.9. The van der Waals surface area contributed by atoms with Gasteiger partial charge in [0, 0.05) is 29.7 Å². The Bertz CT molecular complexity index is 1450. The summed E-state index contributed by atoms with van der Waals surface area (Å²) in [4.78, 5) is 1.49. The normalized spacial score (nSPS) is 32.4. The molecule has 9 heteroatoms. The van der Waals surface area contributed by atoms with Crippen LogP contribution in [0.25, 0.3) is 12.2 Å². The molecule has 0 N–H and O–H groups in total. The predicted molar refractivity (Wildman–Crippen MR) is 231 cm³/mol. The van der Waals surface area contributed by atoms with Crippen LogP contribution in [-0.2, 0) is 38.4 Å². The van der Waals surface area contributed by atoms with Gasteiger partial charge in [0.1, 0.15) is 11.5 Å². The number of hydrogen-bond donors (Lipinski definition) is 0. The Morgan fingerprint density at radius 2 is 1.00 bits per heavy atom. The van der Waals surface area contributed by atoms with E-state index in [1.807, 2.05) is 0 Å². The van der Waals surface area contributed by atoms with Crippen LogP contribution in [0.15, 0.2) is 44.4 Å². The van der Waals surface area contributed by atoms with Crippen molar-refractivity contribution in [3.8, 4) is 11.5 Å². The monoisotopic (exact) mass is 1070 g/mol. The minimum atomic E-state index is -0.826. The summed E-state index contributed by atoms with van der Waals surface area (Å²) in [6, 6.07) is 8.29. The third-order valence-corrected chi connectivity index (χ3v) is 15.6. The van der Waals surface area contributed by atoms with E-state index < -0.39 is 20.8 Å². The van der Waals surface area contributed by atoms with Crippen molar-refractivity contribution in [3.05, 3.63) is 81.5 Å². The first kappa shape index (κ1) is 44.8. The number of hydrogen-bond acceptors (Lipinski definition) is 2. The Hall–Kier alpha value is 1.06. The fraction of sp³-hybridized carbons (Fsp3) is 0.571. The topological polar surface area (TPSA) is 18.5 Å². The van der Waals surface area contributed by atoms with Gasteiger partial charge in [-0.05, 0) is 149 Å². The molecule has 4 fully saturated rings. The van der Waals surface area contributed by atoms with E-state index in [9.17, 15) is 0 Å². The van der Waals surface area contributed by atoms with Crippen molar-refractivity contribution in [2.24, 2.45) is 35.5 Å². The first-order valence-electron chi connectivity index (χ1n) is 18.0. The van der Waals surface area contributed by atoms with Gasteiger partial charge in [-0.1, -0.05) is 101 Å². The van der Waals surface area contributed by atoms with Crippen LogP contribution in [-0.4, -0.2) is 21.9 Å². The minimum absolute atomic E-state index is 0. The Kier molecular flexibility index (Phi) is 17.5. The van der Waals surface area contributed by atoms with Crippen molar-refractivity contribution in [3.63, 3.8) is 0 Å². The van der Waals surface area contributed by atoms with E-state index in [4.69, 9.17) is 26.5 Å². The number of benzene rings is 2. The van der Waals surface area contributed by atoms with Crippen LogP contribution in [0.1, 0.15) is 101 Å². The summed E-state index contributed by atoms with van der Waals surface area (Å²) in [5.41, 5.74) is 7.80. The van der Waals surface area contributed by atoms with Crippen LogP contribution in [0.4, 0.5) is 0 Å². The third kappa shape index (κ3) is 10.3. The van der Waals surface area contributed by atoms with Gasteiger partial charge in [0.05, 0.1) is 12.2 Å². The Balaban J connectivity index is 0.000000205. The molecule has 10 unspecified atom stereocenters. The second kappa shape index (κ2) is 20.0. The summed E-state index contributed by atoms with van der Waals surface area (Å²) in [5.74, 6) is 7.10. The first-order valence-corrected chi connectivity index (χ1v) is 27.8. The Morgan fingerprint density at radius 3 is 1.39 bits per heavy atom. The molecular weight excluding hydrogens is 1020 g/mol.